The molecule has 4 unspecified atom stereocenters. The second kappa shape index (κ2) is 13.3. The lowest BCUT2D eigenvalue weighted by Crippen LogP contribution is -2.59. The van der Waals surface area contributed by atoms with E-state index in [9.17, 15) is 28.8 Å². The summed E-state index contributed by atoms with van der Waals surface area (Å²) in [5.74, 6) is -4.49. The number of amides is 5. The highest BCUT2D eigenvalue weighted by Gasteiger charge is 2.60. The molecule has 13 heteroatoms. The number of hydrogen-bond acceptors (Lipinski definition) is 7. The van der Waals surface area contributed by atoms with Crippen LogP contribution in [0, 0.1) is 22.7 Å². The van der Waals surface area contributed by atoms with Gasteiger partial charge in [0.2, 0.25) is 29.3 Å². The molecule has 236 valence electrons. The van der Waals surface area contributed by atoms with Gasteiger partial charge in [-0.15, -0.1) is 0 Å². The number of hydrogen-bond donors (Lipinski definition) is 5. The zero-order chi connectivity index (χ0) is 31.5. The van der Waals surface area contributed by atoms with Gasteiger partial charge in [0, 0.05) is 37.4 Å². The second-order valence-corrected chi connectivity index (χ2v) is 12.9. The van der Waals surface area contributed by atoms with Crippen molar-refractivity contribution in [2.75, 3.05) is 13.1 Å². The monoisotopic (exact) mass is 601 g/mol. The lowest BCUT2D eigenvalue weighted by Gasteiger charge is -2.33. The van der Waals surface area contributed by atoms with Crippen LogP contribution in [0.15, 0.2) is 11.8 Å². The Morgan fingerprint density at radius 1 is 1.07 bits per heavy atom. The molecule has 2 saturated carbocycles. The van der Waals surface area contributed by atoms with Gasteiger partial charge in [-0.05, 0) is 50.9 Å². The number of carbonyl (C=O) groups is 6. The molecule has 0 bridgehead atoms. The maximum absolute atomic E-state index is 14.0. The van der Waals surface area contributed by atoms with Crippen molar-refractivity contribution in [1.82, 2.24) is 26.2 Å². The van der Waals surface area contributed by atoms with Crippen LogP contribution in [-0.2, 0) is 28.8 Å². The van der Waals surface area contributed by atoms with Gasteiger partial charge in [0.05, 0.1) is 12.1 Å². The van der Waals surface area contributed by atoms with Gasteiger partial charge in [0.15, 0.2) is 0 Å². The van der Waals surface area contributed by atoms with Gasteiger partial charge in [0.1, 0.15) is 17.8 Å². The summed E-state index contributed by atoms with van der Waals surface area (Å²) in [6, 6.07) is -3.24. The molecule has 7 N–H and O–H groups in total. The van der Waals surface area contributed by atoms with E-state index in [0.717, 1.165) is 44.6 Å². The van der Waals surface area contributed by atoms with Crippen molar-refractivity contribution >= 4 is 41.0 Å². The summed E-state index contributed by atoms with van der Waals surface area (Å²) < 4.78 is 0. The molecule has 2 saturated heterocycles. The van der Waals surface area contributed by atoms with Crippen molar-refractivity contribution in [3.05, 3.63) is 11.8 Å². The van der Waals surface area contributed by atoms with Crippen molar-refractivity contribution in [3.8, 4) is 0 Å². The third-order valence-corrected chi connectivity index (χ3v) is 9.22. The first-order valence-electron chi connectivity index (χ1n) is 15.4. The Labute approximate surface area is 251 Å². The van der Waals surface area contributed by atoms with Crippen LogP contribution in [-0.4, -0.2) is 88.3 Å². The highest BCUT2D eigenvalue weighted by atomic mass is 16.3. The molecule has 0 aromatic carbocycles. The van der Waals surface area contributed by atoms with E-state index in [2.05, 4.69) is 21.3 Å². The van der Waals surface area contributed by atoms with E-state index in [-0.39, 0.29) is 36.6 Å². The molecule has 2 aliphatic heterocycles. The van der Waals surface area contributed by atoms with Crippen LogP contribution in [0.2, 0.25) is 0 Å². The fraction of sp³-hybridized carbons (Fsp3) is 0.700. The molecule has 13 nitrogen and oxygen atoms in total. The smallest absolute Gasteiger partial charge is 0.289 e. The van der Waals surface area contributed by atoms with Gasteiger partial charge in [-0.1, -0.05) is 26.7 Å². The Balaban J connectivity index is 1.52. The van der Waals surface area contributed by atoms with Gasteiger partial charge in [0.25, 0.3) is 11.8 Å². The Hall–Kier alpha value is -3.77. The van der Waals surface area contributed by atoms with Crippen molar-refractivity contribution in [2.24, 2.45) is 17.3 Å². The molecular formula is C30H45N6O7+. The van der Waals surface area contributed by atoms with Crippen LogP contribution in [0.4, 0.5) is 0 Å². The van der Waals surface area contributed by atoms with E-state index in [1.54, 1.807) is 13.8 Å². The Kier molecular flexibility index (Phi) is 9.91. The second-order valence-electron chi connectivity index (χ2n) is 12.9. The molecule has 4 aliphatic rings. The van der Waals surface area contributed by atoms with Gasteiger partial charge >= 0.3 is 0 Å². The highest BCUT2D eigenvalue weighted by Crippen LogP contribution is 2.57. The minimum Gasteiger partial charge on any atom is -0.597 e. The predicted octanol–water partition coefficient (Wildman–Crippen LogP) is -0.205. The Morgan fingerprint density at radius 3 is 2.30 bits per heavy atom. The van der Waals surface area contributed by atoms with Crippen LogP contribution in [0.3, 0.4) is 0 Å². The number of ketones is 1. The summed E-state index contributed by atoms with van der Waals surface area (Å²) in [7, 11) is 0. The molecule has 4 rings (SSSR count). The summed E-state index contributed by atoms with van der Waals surface area (Å²) in [6.45, 7) is 5.67. The van der Waals surface area contributed by atoms with E-state index in [4.69, 9.17) is 10.5 Å². The fourth-order valence-corrected chi connectivity index (χ4v) is 6.60. The van der Waals surface area contributed by atoms with Crippen molar-refractivity contribution in [2.45, 2.75) is 103 Å². The topological polar surface area (TPSA) is 201 Å². The average molecular weight is 602 g/mol. The predicted molar refractivity (Wildman–Crippen MR) is 157 cm³/mol. The summed E-state index contributed by atoms with van der Waals surface area (Å²) in [4.78, 5) is 80.6. The zero-order valence-corrected chi connectivity index (χ0v) is 25.2. The maximum Gasteiger partial charge on any atom is 0.289 e. The molecule has 5 amide bonds. The summed E-state index contributed by atoms with van der Waals surface area (Å²) in [5, 5.41) is 26.3. The van der Waals surface area contributed by atoms with Crippen LogP contribution >= 0.6 is 0 Å². The minimum atomic E-state index is -1.22. The molecule has 4 atom stereocenters. The Morgan fingerprint density at radius 2 is 1.74 bits per heavy atom. The van der Waals surface area contributed by atoms with E-state index < -0.39 is 64.6 Å². The number of rotatable bonds is 12. The van der Waals surface area contributed by atoms with E-state index in [0.29, 0.717) is 19.4 Å². The van der Waals surface area contributed by atoms with Gasteiger partial charge in [-0.3, -0.25) is 34.2 Å². The van der Waals surface area contributed by atoms with E-state index in [1.165, 1.54) is 11.8 Å². The SMILES string of the molecule is C/C([OH2+])=C/C(=N)C(=O)NC(C(=O)N1CCC2(CC2)C1C(=O)NC(CC1CCNC1=O)C(=O)C(=O)NC1CCCC1)C(C)C. The number of nitrogens with one attached hydrogen (secondary N) is 5. The molecule has 4 fully saturated rings. The summed E-state index contributed by atoms with van der Waals surface area (Å²) in [5.41, 5.74) is -0.901. The lowest BCUT2D eigenvalue weighted by molar-refractivity contribution is -0.145. The van der Waals surface area contributed by atoms with E-state index in [1.807, 2.05) is 0 Å². The number of nitrogens with zero attached hydrogens (tertiary/aromatic N) is 1. The molecular weight excluding hydrogens is 556 g/mol. The molecule has 0 aromatic heterocycles. The third-order valence-electron chi connectivity index (χ3n) is 9.22. The standard InChI is InChI=1S/C30H44N6O7/c1-16(2)22(35-26(40)20(31)14-17(3)37)29(43)36-13-11-30(9-10-30)24(36)28(42)34-21(15-18-8-12-32-25(18)39)23(38)27(41)33-19-6-4-5-7-19/h14,16,18-19,21-22,24,31,37H,4-13,15H2,1-3H3,(H,32,39)(H,33,41)(H,34,42)(H,35,40)/p+1/b17-14-,31-20?. The molecule has 43 heavy (non-hydrogen) atoms. The van der Waals surface area contributed by atoms with Crippen molar-refractivity contribution in [3.63, 3.8) is 0 Å². The molecule has 2 heterocycles. The summed E-state index contributed by atoms with van der Waals surface area (Å²) in [6.07, 6.45) is 7.09. The fourth-order valence-electron chi connectivity index (χ4n) is 6.60. The van der Waals surface area contributed by atoms with Crippen molar-refractivity contribution in [1.29, 1.82) is 5.41 Å². The van der Waals surface area contributed by atoms with Crippen molar-refractivity contribution < 1.29 is 33.9 Å². The largest absolute Gasteiger partial charge is 0.597 e. The number of Topliss-reactive ketones (excluding diaryl/α,β-unsaturated/α-hetero) is 1. The van der Waals surface area contributed by atoms with Gasteiger partial charge < -0.3 is 31.3 Å². The van der Waals surface area contributed by atoms with Crippen LogP contribution < -0.4 is 21.3 Å². The first kappa shape index (κ1) is 32.2. The van der Waals surface area contributed by atoms with E-state index >= 15 is 0 Å². The highest BCUT2D eigenvalue weighted by molar-refractivity contribution is 6.42. The van der Waals surface area contributed by atoms with Gasteiger partial charge in [-0.25, -0.2) is 0 Å². The maximum atomic E-state index is 14.0. The number of likely N-dealkylation sites (tertiary alicyclic amines) is 1. The molecule has 0 radical (unpaired) electrons. The first-order valence-corrected chi connectivity index (χ1v) is 15.4. The van der Waals surface area contributed by atoms with Gasteiger partial charge in [-0.2, -0.15) is 0 Å². The normalized spacial score (nSPS) is 24.4. The quantitative estimate of drug-likeness (QED) is 0.0887. The third kappa shape index (κ3) is 7.42. The number of allylic oxidation sites excluding steroid dienone is 1. The summed E-state index contributed by atoms with van der Waals surface area (Å²) >= 11 is 0. The molecule has 1 spiro atoms. The first-order chi connectivity index (χ1) is 20.3. The molecule has 0 aromatic rings. The van der Waals surface area contributed by atoms with Crippen LogP contribution in [0.5, 0.6) is 0 Å². The Bertz CT molecular complexity index is 1200. The van der Waals surface area contributed by atoms with Crippen LogP contribution in [0.25, 0.3) is 0 Å². The molecule has 2 aliphatic carbocycles. The minimum absolute atomic E-state index is 0.0160. The zero-order valence-electron chi connectivity index (χ0n) is 25.2. The van der Waals surface area contributed by atoms with Crippen LogP contribution in [0.1, 0.15) is 78.6 Å². The lowest BCUT2D eigenvalue weighted by atomic mass is 9.92. The number of carbonyl (C=O) groups excluding carboxylic acids is 6. The average Bonchev–Trinajstić information content (AvgIpc) is 3.23.